The predicted molar refractivity (Wildman–Crippen MR) is 51.3 cm³/mol. The Morgan fingerprint density at radius 1 is 1.19 bits per heavy atom. The number of carbonyl (C=O) groups excluding carboxylic acids is 1. The van der Waals surface area contributed by atoms with E-state index in [1.54, 1.807) is 0 Å². The van der Waals surface area contributed by atoms with Crippen molar-refractivity contribution in [2.75, 3.05) is 6.61 Å². The molecule has 0 unspecified atom stereocenters. The van der Waals surface area contributed by atoms with E-state index in [-0.39, 0.29) is 0 Å². The molecule has 0 bridgehead atoms. The lowest BCUT2D eigenvalue weighted by molar-refractivity contribution is -0.140. The van der Waals surface area contributed by atoms with Gasteiger partial charge in [-0.3, -0.25) is 0 Å². The summed E-state index contributed by atoms with van der Waals surface area (Å²) in [5.74, 6) is -4.69. The van der Waals surface area contributed by atoms with Gasteiger partial charge in [-0.05, 0) is 12.1 Å². The van der Waals surface area contributed by atoms with Crippen molar-refractivity contribution < 1.29 is 34.8 Å². The van der Waals surface area contributed by atoms with E-state index in [4.69, 9.17) is 15.7 Å². The van der Waals surface area contributed by atoms with Crippen LogP contribution >= 0.6 is 0 Å². The Morgan fingerprint density at radius 3 is 2.25 bits per heavy atom. The number of carboxylic acids is 2. The molecule has 6 heteroatoms. The number of rotatable bonds is 4. The van der Waals surface area contributed by atoms with Crippen molar-refractivity contribution in [2.24, 2.45) is 0 Å². The number of hydrogen-bond donors (Lipinski definition) is 2. The van der Waals surface area contributed by atoms with Crippen LogP contribution in [0.4, 0.5) is 0 Å². The summed E-state index contributed by atoms with van der Waals surface area (Å²) in [5.41, 5.74) is -1.88. The highest BCUT2D eigenvalue weighted by atomic mass is 16.5. The molecular formula is C10H8O6. The number of ether oxygens (including phenoxy) is 1. The van der Waals surface area contributed by atoms with Crippen molar-refractivity contribution in [3.05, 3.63) is 35.3 Å². The van der Waals surface area contributed by atoms with Crippen LogP contribution < -0.4 is 0 Å². The molecule has 0 radical (unpaired) electrons. The van der Waals surface area contributed by atoms with Gasteiger partial charge in [0.15, 0.2) is 6.61 Å². The summed E-state index contributed by atoms with van der Waals surface area (Å²) in [6.07, 6.45) is 0. The van der Waals surface area contributed by atoms with Crippen LogP contribution in [0.25, 0.3) is 0 Å². The zero-order chi connectivity index (χ0) is 15.6. The van der Waals surface area contributed by atoms with Gasteiger partial charge in [0.2, 0.25) is 0 Å². The quantitative estimate of drug-likeness (QED) is 0.733. The van der Waals surface area contributed by atoms with Crippen LogP contribution in [0.5, 0.6) is 0 Å². The van der Waals surface area contributed by atoms with Crippen LogP contribution in [0, 0.1) is 0 Å². The van der Waals surface area contributed by atoms with Crippen LogP contribution in [-0.2, 0) is 9.53 Å². The molecular weight excluding hydrogens is 216 g/mol. The molecule has 0 heterocycles. The van der Waals surface area contributed by atoms with Gasteiger partial charge in [-0.15, -0.1) is 0 Å². The van der Waals surface area contributed by atoms with E-state index in [1.807, 2.05) is 0 Å². The summed E-state index contributed by atoms with van der Waals surface area (Å²) < 4.78 is 33.8. The number of hydrogen-bond acceptors (Lipinski definition) is 4. The van der Waals surface area contributed by atoms with Crippen molar-refractivity contribution >= 4 is 17.9 Å². The molecule has 6 nitrogen and oxygen atoms in total. The first-order chi connectivity index (χ1) is 9.18. The van der Waals surface area contributed by atoms with Crippen molar-refractivity contribution in [3.8, 4) is 0 Å². The van der Waals surface area contributed by atoms with Gasteiger partial charge in [0.05, 0.1) is 16.6 Å². The van der Waals surface area contributed by atoms with Gasteiger partial charge in [0, 0.05) is 0 Å². The highest BCUT2D eigenvalue weighted by Crippen LogP contribution is 2.10. The van der Waals surface area contributed by atoms with Crippen LogP contribution in [0.1, 0.15) is 26.2 Å². The van der Waals surface area contributed by atoms with Gasteiger partial charge in [-0.1, -0.05) is 12.1 Å². The van der Waals surface area contributed by atoms with Gasteiger partial charge in [-0.2, -0.15) is 0 Å². The highest BCUT2D eigenvalue weighted by Gasteiger charge is 2.17. The van der Waals surface area contributed by atoms with Gasteiger partial charge < -0.3 is 14.9 Å². The minimum atomic E-state index is -1.75. The summed E-state index contributed by atoms with van der Waals surface area (Å²) >= 11 is 0. The van der Waals surface area contributed by atoms with Crippen molar-refractivity contribution in [1.29, 1.82) is 0 Å². The normalized spacial score (nSPS) is 13.0. The van der Waals surface area contributed by atoms with Gasteiger partial charge in [-0.25, -0.2) is 14.4 Å². The maximum absolute atomic E-state index is 11.6. The zero-order valence-corrected chi connectivity index (χ0v) is 7.73. The fraction of sp³-hybridized carbons (Fsp3) is 0.100. The Balaban J connectivity index is 3.48. The largest absolute Gasteiger partial charge is 0.479 e. The second-order valence-corrected chi connectivity index (χ2v) is 2.53. The maximum atomic E-state index is 11.6. The first-order valence-corrected chi connectivity index (χ1v) is 3.91. The predicted octanol–water partition coefficient (Wildman–Crippen LogP) is 0.626. The minimum absolute atomic E-state index is 0.817. The lowest BCUT2D eigenvalue weighted by Crippen LogP contribution is -2.16. The Kier molecular flexibility index (Phi) is 2.15. The van der Waals surface area contributed by atoms with Crippen molar-refractivity contribution in [2.45, 2.75) is 0 Å². The summed E-state index contributed by atoms with van der Waals surface area (Å²) in [6, 6.07) is -3.45. The summed E-state index contributed by atoms with van der Waals surface area (Å²) in [6.45, 7) is -1.05. The molecule has 0 aliphatic carbocycles. The summed E-state index contributed by atoms with van der Waals surface area (Å²) in [5, 5.41) is 17.3. The number of benzene rings is 1. The number of carboxylic acid groups (broad SMARTS) is 2. The average molecular weight is 228 g/mol. The molecule has 0 amide bonds. The molecule has 0 aliphatic rings. The van der Waals surface area contributed by atoms with Crippen LogP contribution in [0.2, 0.25) is 0 Å². The van der Waals surface area contributed by atoms with E-state index in [1.165, 1.54) is 0 Å². The first-order valence-electron chi connectivity index (χ1n) is 5.91. The third kappa shape index (κ3) is 2.81. The van der Waals surface area contributed by atoms with Gasteiger partial charge in [0.25, 0.3) is 0 Å². The Hall–Kier alpha value is -2.37. The Morgan fingerprint density at radius 2 is 1.75 bits per heavy atom. The second kappa shape index (κ2) is 4.92. The highest BCUT2D eigenvalue weighted by molar-refractivity contribution is 6.02. The number of esters is 1. The number of aliphatic carboxylic acids is 1. The van der Waals surface area contributed by atoms with Crippen LogP contribution in [0.15, 0.2) is 24.2 Å². The maximum Gasteiger partial charge on any atom is 0.341 e. The van der Waals surface area contributed by atoms with Crippen LogP contribution in [-0.4, -0.2) is 34.7 Å². The van der Waals surface area contributed by atoms with E-state index >= 15 is 0 Å². The summed E-state index contributed by atoms with van der Waals surface area (Å²) in [4.78, 5) is 32.9. The van der Waals surface area contributed by atoms with Crippen LogP contribution in [0.3, 0.4) is 0 Å². The Bertz CT molecular complexity index is 613. The molecule has 0 saturated heterocycles. The molecule has 0 spiro atoms. The van der Waals surface area contributed by atoms with E-state index in [0.717, 1.165) is 0 Å². The molecule has 84 valence electrons. The molecule has 16 heavy (non-hydrogen) atoms. The summed E-state index contributed by atoms with van der Waals surface area (Å²) in [7, 11) is 0. The molecule has 0 aromatic heterocycles. The third-order valence-corrected chi connectivity index (χ3v) is 1.43. The fourth-order valence-electron chi connectivity index (χ4n) is 0.825. The molecule has 0 atom stereocenters. The zero-order valence-electron chi connectivity index (χ0n) is 11.7. The van der Waals surface area contributed by atoms with E-state index in [2.05, 4.69) is 4.74 Å². The van der Waals surface area contributed by atoms with E-state index in [9.17, 15) is 14.4 Å². The molecule has 1 aromatic rings. The fourth-order valence-corrected chi connectivity index (χ4v) is 0.825. The molecule has 0 aliphatic heterocycles. The second-order valence-electron chi connectivity index (χ2n) is 2.53. The SMILES string of the molecule is [2H]c1c([2H])c([2H])c(C(=O)OCC(=O)O)c(C(=O)O)c1[2H]. The molecule has 0 fully saturated rings. The molecule has 0 saturated carbocycles. The monoisotopic (exact) mass is 228 g/mol. The average Bonchev–Trinajstić information content (AvgIpc) is 2.36. The molecule has 1 rings (SSSR count). The molecule has 2 N–H and O–H groups in total. The Labute approximate surface area is 95.7 Å². The topological polar surface area (TPSA) is 101 Å². The molecule has 1 aromatic carbocycles. The number of aromatic carboxylic acids is 1. The van der Waals surface area contributed by atoms with Gasteiger partial charge >= 0.3 is 17.9 Å². The van der Waals surface area contributed by atoms with Crippen molar-refractivity contribution in [3.63, 3.8) is 0 Å². The lowest BCUT2D eigenvalue weighted by atomic mass is 10.1. The third-order valence-electron chi connectivity index (χ3n) is 1.43. The smallest absolute Gasteiger partial charge is 0.341 e. The van der Waals surface area contributed by atoms with E-state index in [0.29, 0.717) is 0 Å². The first kappa shape index (κ1) is 7.00. The number of carbonyl (C=O) groups is 3. The van der Waals surface area contributed by atoms with E-state index < -0.39 is 59.8 Å². The van der Waals surface area contributed by atoms with Gasteiger partial charge in [0.1, 0.15) is 0 Å². The lowest BCUT2D eigenvalue weighted by Gasteiger charge is -2.04. The van der Waals surface area contributed by atoms with Crippen molar-refractivity contribution in [1.82, 2.24) is 0 Å². The minimum Gasteiger partial charge on any atom is -0.479 e. The standard InChI is InChI=1S/C10H8O6/c11-8(12)5-16-10(15)7-4-2-1-3-6(7)9(13)14/h1-4H,5H2,(H,11,12)(H,13,14)/i1D,2D,3D,4D.